The fourth-order valence-electron chi connectivity index (χ4n) is 4.49. The molecule has 0 saturated carbocycles. The molecule has 2 heterocycles. The summed E-state index contributed by atoms with van der Waals surface area (Å²) in [6.07, 6.45) is -0.951. The summed E-state index contributed by atoms with van der Waals surface area (Å²) in [4.78, 5) is 34.3. The molecule has 0 aliphatic carbocycles. The Bertz CT molecular complexity index is 1200. The van der Waals surface area contributed by atoms with Crippen LogP contribution in [0.15, 0.2) is 72.8 Å². The van der Waals surface area contributed by atoms with Gasteiger partial charge in [-0.15, -0.1) is 0 Å². The molecule has 168 valence electrons. The molecule has 7 heteroatoms. The van der Waals surface area contributed by atoms with Gasteiger partial charge in [-0.1, -0.05) is 42.0 Å². The third-order valence-electron chi connectivity index (χ3n) is 6.04. The molecule has 2 fully saturated rings. The molecule has 2 aliphatic heterocycles. The molecule has 33 heavy (non-hydrogen) atoms. The lowest BCUT2D eigenvalue weighted by atomic mass is 9.90. The summed E-state index contributed by atoms with van der Waals surface area (Å²) in [6.45, 7) is 4.16. The highest BCUT2D eigenvalue weighted by molar-refractivity contribution is 6.23. The van der Waals surface area contributed by atoms with Crippen LogP contribution < -0.4 is 14.7 Å². The largest absolute Gasteiger partial charge is 0.504 e. The number of imide groups is 1. The van der Waals surface area contributed by atoms with Crippen LogP contribution in [0.2, 0.25) is 0 Å². The Kier molecular flexibility index (Phi) is 5.26. The Hall–Kier alpha value is -3.84. The summed E-state index contributed by atoms with van der Waals surface area (Å²) in [5.74, 6) is -1.13. The summed E-state index contributed by atoms with van der Waals surface area (Å²) in [5.41, 5.74) is 3.00. The normalized spacial score (nSPS) is 22.1. The molecule has 3 aromatic rings. The van der Waals surface area contributed by atoms with Gasteiger partial charge in [0.05, 0.1) is 24.0 Å². The number of carbonyl (C=O) groups is 2. The molecule has 3 atom stereocenters. The highest BCUT2D eigenvalue weighted by Gasteiger charge is 2.60. The van der Waals surface area contributed by atoms with Gasteiger partial charge in [0.25, 0.3) is 5.91 Å². The van der Waals surface area contributed by atoms with Gasteiger partial charge < -0.3 is 9.84 Å². The molecule has 0 aromatic heterocycles. The van der Waals surface area contributed by atoms with Gasteiger partial charge in [-0.2, -0.15) is 0 Å². The van der Waals surface area contributed by atoms with E-state index >= 15 is 0 Å². The second-order valence-electron chi connectivity index (χ2n) is 8.17. The van der Waals surface area contributed by atoms with Crippen LogP contribution in [-0.4, -0.2) is 29.6 Å². The van der Waals surface area contributed by atoms with Gasteiger partial charge in [-0.05, 0) is 55.8 Å². The van der Waals surface area contributed by atoms with Crippen molar-refractivity contribution in [3.8, 4) is 11.5 Å². The second-order valence-corrected chi connectivity index (χ2v) is 8.17. The van der Waals surface area contributed by atoms with E-state index in [9.17, 15) is 14.7 Å². The highest BCUT2D eigenvalue weighted by atomic mass is 16.7. The van der Waals surface area contributed by atoms with E-state index in [1.807, 2.05) is 56.3 Å². The summed E-state index contributed by atoms with van der Waals surface area (Å²) < 4.78 is 5.57. The molecule has 1 N–H and O–H groups in total. The fraction of sp³-hybridized carbons (Fsp3) is 0.231. The topological polar surface area (TPSA) is 79.3 Å². The Labute approximate surface area is 191 Å². The highest BCUT2D eigenvalue weighted by Crippen LogP contribution is 2.48. The molecule has 5 rings (SSSR count). The van der Waals surface area contributed by atoms with Crippen LogP contribution >= 0.6 is 0 Å². The number of hydroxylamine groups is 1. The van der Waals surface area contributed by atoms with E-state index in [1.54, 1.807) is 29.3 Å². The number of benzene rings is 3. The minimum absolute atomic E-state index is 0.0115. The van der Waals surface area contributed by atoms with E-state index in [2.05, 4.69) is 0 Å². The van der Waals surface area contributed by atoms with Crippen LogP contribution in [0.4, 0.5) is 11.4 Å². The minimum Gasteiger partial charge on any atom is -0.504 e. The third kappa shape index (κ3) is 3.50. The van der Waals surface area contributed by atoms with Gasteiger partial charge in [0.15, 0.2) is 17.6 Å². The summed E-state index contributed by atoms with van der Waals surface area (Å²) in [5, 5.41) is 11.8. The Morgan fingerprint density at radius 1 is 0.939 bits per heavy atom. The van der Waals surface area contributed by atoms with Crippen molar-refractivity contribution in [2.24, 2.45) is 5.92 Å². The third-order valence-corrected chi connectivity index (χ3v) is 6.04. The van der Waals surface area contributed by atoms with Crippen LogP contribution in [0.1, 0.15) is 24.1 Å². The number of phenols is 1. The summed E-state index contributed by atoms with van der Waals surface area (Å²) in [6, 6.07) is 21.0. The van der Waals surface area contributed by atoms with Crippen LogP contribution in [0.5, 0.6) is 11.5 Å². The van der Waals surface area contributed by atoms with Crippen molar-refractivity contribution < 1.29 is 24.3 Å². The SMILES string of the molecule is CCOc1cc([C@@H]2[C@H]3C(=O)N(c4ccc(C)cc4)C(=O)[C@@H]3ON2c2ccccc2)ccc1O. The number of fused-ring (bicyclic) bond motifs is 1. The average Bonchev–Trinajstić information content (AvgIpc) is 3.33. The van der Waals surface area contributed by atoms with Crippen LogP contribution in [0.25, 0.3) is 0 Å². The van der Waals surface area contributed by atoms with Gasteiger partial charge in [0.1, 0.15) is 5.92 Å². The number of aromatic hydroxyl groups is 1. The van der Waals surface area contributed by atoms with E-state index < -0.39 is 18.1 Å². The number of anilines is 2. The van der Waals surface area contributed by atoms with Crippen molar-refractivity contribution in [1.82, 2.24) is 0 Å². The number of phenolic OH excluding ortho intramolecular Hbond substituents is 1. The molecule has 2 aliphatic rings. The molecular formula is C26H24N2O5. The lowest BCUT2D eigenvalue weighted by molar-refractivity contribution is -0.126. The number of hydrogen-bond acceptors (Lipinski definition) is 6. The second kappa shape index (κ2) is 8.26. The minimum atomic E-state index is -0.951. The number of rotatable bonds is 5. The lowest BCUT2D eigenvalue weighted by Crippen LogP contribution is -2.37. The van der Waals surface area contributed by atoms with E-state index in [-0.39, 0.29) is 17.6 Å². The molecule has 0 spiro atoms. The van der Waals surface area contributed by atoms with Crippen LogP contribution in [0, 0.1) is 12.8 Å². The maximum Gasteiger partial charge on any atom is 0.266 e. The molecular weight excluding hydrogens is 420 g/mol. The van der Waals surface area contributed by atoms with Gasteiger partial charge in [-0.3, -0.25) is 14.4 Å². The molecule has 2 saturated heterocycles. The first-order valence-corrected chi connectivity index (χ1v) is 10.9. The van der Waals surface area contributed by atoms with E-state index in [1.165, 1.54) is 11.0 Å². The number of nitrogens with zero attached hydrogens (tertiary/aromatic N) is 2. The zero-order chi connectivity index (χ0) is 23.1. The summed E-state index contributed by atoms with van der Waals surface area (Å²) >= 11 is 0. The Morgan fingerprint density at radius 3 is 2.36 bits per heavy atom. The van der Waals surface area contributed by atoms with Crippen molar-refractivity contribution in [2.45, 2.75) is 26.0 Å². The first-order valence-electron chi connectivity index (χ1n) is 10.9. The van der Waals surface area contributed by atoms with Crippen LogP contribution in [-0.2, 0) is 14.4 Å². The van der Waals surface area contributed by atoms with Crippen molar-refractivity contribution >= 4 is 23.2 Å². The van der Waals surface area contributed by atoms with Crippen molar-refractivity contribution in [3.05, 3.63) is 83.9 Å². The van der Waals surface area contributed by atoms with Gasteiger partial charge in [-0.25, -0.2) is 9.96 Å². The number of hydrogen-bond donors (Lipinski definition) is 1. The first kappa shape index (κ1) is 21.0. The predicted octanol–water partition coefficient (Wildman–Crippen LogP) is 4.15. The molecule has 7 nitrogen and oxygen atoms in total. The monoisotopic (exact) mass is 444 g/mol. The number of carbonyl (C=O) groups excluding carboxylic acids is 2. The van der Waals surface area contributed by atoms with Crippen molar-refractivity contribution in [1.29, 1.82) is 0 Å². The van der Waals surface area contributed by atoms with Gasteiger partial charge in [0.2, 0.25) is 5.91 Å². The predicted molar refractivity (Wildman–Crippen MR) is 123 cm³/mol. The first-order chi connectivity index (χ1) is 16.0. The molecule has 2 amide bonds. The smallest absolute Gasteiger partial charge is 0.266 e. The molecule has 3 aromatic carbocycles. The zero-order valence-corrected chi connectivity index (χ0v) is 18.3. The maximum atomic E-state index is 13.6. The maximum absolute atomic E-state index is 13.6. The number of ether oxygens (including phenoxy) is 1. The molecule has 0 unspecified atom stereocenters. The molecule has 0 radical (unpaired) electrons. The van der Waals surface area contributed by atoms with Crippen molar-refractivity contribution in [2.75, 3.05) is 16.6 Å². The van der Waals surface area contributed by atoms with Gasteiger partial charge in [0, 0.05) is 0 Å². The number of aryl methyl sites for hydroxylation is 1. The van der Waals surface area contributed by atoms with E-state index in [0.29, 0.717) is 23.6 Å². The Balaban J connectivity index is 1.59. The summed E-state index contributed by atoms with van der Waals surface area (Å²) in [7, 11) is 0. The van der Waals surface area contributed by atoms with Crippen LogP contribution in [0.3, 0.4) is 0 Å². The molecule has 0 bridgehead atoms. The zero-order valence-electron chi connectivity index (χ0n) is 18.3. The quantitative estimate of drug-likeness (QED) is 0.596. The van der Waals surface area contributed by atoms with Gasteiger partial charge >= 0.3 is 0 Å². The average molecular weight is 444 g/mol. The standard InChI is InChI=1S/C26H24N2O5/c1-3-32-21-15-17(11-14-20(21)29)23-22-24(33-28(23)19-7-5-4-6-8-19)26(31)27(25(22)30)18-12-9-16(2)10-13-18/h4-15,22-24,29H,3H2,1-2H3/t22-,23-,24-/m1/s1. The Morgan fingerprint density at radius 2 is 1.67 bits per heavy atom. The van der Waals surface area contributed by atoms with Crippen molar-refractivity contribution in [3.63, 3.8) is 0 Å². The van der Waals surface area contributed by atoms with E-state index in [0.717, 1.165) is 11.3 Å². The number of para-hydroxylation sites is 1. The van der Waals surface area contributed by atoms with E-state index in [4.69, 9.17) is 9.57 Å². The number of amides is 2. The lowest BCUT2D eigenvalue weighted by Gasteiger charge is -2.29. The fourth-order valence-corrected chi connectivity index (χ4v) is 4.49.